The zero-order chi connectivity index (χ0) is 19.4. The SMILES string of the molecule is CC1=C(n2c(N)c(C(N)=O)c3cc(C(C)(C)O)cnc32)[C@H](C)CC=C1O. The van der Waals surface area contributed by atoms with Crippen LogP contribution in [0.1, 0.15) is 50.0 Å². The van der Waals surface area contributed by atoms with Gasteiger partial charge < -0.3 is 21.7 Å². The standard InChI is InChI=1S/C19H24N4O3/c1-9-5-6-13(24)10(2)15(9)23-16(20)14(17(21)25)12-7-11(19(3,4)26)8-22-18(12)23/h6-9,24,26H,5,20H2,1-4H3,(H2,21,25)/t9-/m1/s1. The number of hydrogen-bond acceptors (Lipinski definition) is 5. The van der Waals surface area contributed by atoms with Crippen molar-refractivity contribution in [2.45, 2.75) is 39.7 Å². The molecule has 138 valence electrons. The highest BCUT2D eigenvalue weighted by atomic mass is 16.3. The minimum absolute atomic E-state index is 0.0697. The molecular formula is C19H24N4O3. The summed E-state index contributed by atoms with van der Waals surface area (Å²) in [6.45, 7) is 7.09. The van der Waals surface area contributed by atoms with Crippen LogP contribution in [-0.4, -0.2) is 25.7 Å². The minimum atomic E-state index is -1.12. The van der Waals surface area contributed by atoms with Crippen molar-refractivity contribution in [1.82, 2.24) is 9.55 Å². The molecule has 2 aromatic heterocycles. The third kappa shape index (κ3) is 2.64. The number of aliphatic hydroxyl groups excluding tert-OH is 1. The normalized spacial score (nSPS) is 18.3. The third-order valence-corrected chi connectivity index (χ3v) is 4.94. The molecule has 0 aromatic carbocycles. The van der Waals surface area contributed by atoms with Crippen molar-refractivity contribution in [2.24, 2.45) is 11.7 Å². The molecular weight excluding hydrogens is 332 g/mol. The predicted molar refractivity (Wildman–Crippen MR) is 101 cm³/mol. The number of anilines is 1. The number of pyridine rings is 1. The highest BCUT2D eigenvalue weighted by Crippen LogP contribution is 2.39. The van der Waals surface area contributed by atoms with Gasteiger partial charge >= 0.3 is 0 Å². The number of nitrogens with zero attached hydrogens (tertiary/aromatic N) is 2. The van der Waals surface area contributed by atoms with Crippen molar-refractivity contribution in [3.63, 3.8) is 0 Å². The maximum absolute atomic E-state index is 12.1. The van der Waals surface area contributed by atoms with Gasteiger partial charge in [-0.1, -0.05) is 6.92 Å². The van der Waals surface area contributed by atoms with Crippen LogP contribution < -0.4 is 11.5 Å². The molecule has 0 spiro atoms. The van der Waals surface area contributed by atoms with E-state index in [2.05, 4.69) is 4.98 Å². The molecule has 0 saturated heterocycles. The van der Waals surface area contributed by atoms with Crippen LogP contribution in [0.2, 0.25) is 0 Å². The molecule has 0 saturated carbocycles. The molecule has 1 atom stereocenters. The summed E-state index contributed by atoms with van der Waals surface area (Å²) in [5, 5.41) is 20.9. The van der Waals surface area contributed by atoms with Gasteiger partial charge in [-0.15, -0.1) is 0 Å². The Morgan fingerprint density at radius 3 is 2.65 bits per heavy atom. The summed E-state index contributed by atoms with van der Waals surface area (Å²) < 4.78 is 1.69. The van der Waals surface area contributed by atoms with Gasteiger partial charge in [0.05, 0.1) is 11.2 Å². The van der Waals surface area contributed by atoms with Gasteiger partial charge in [0, 0.05) is 34.3 Å². The molecule has 7 heteroatoms. The van der Waals surface area contributed by atoms with Crippen LogP contribution in [0.4, 0.5) is 5.82 Å². The Bertz CT molecular complexity index is 977. The number of aromatic nitrogens is 2. The molecule has 2 heterocycles. The zero-order valence-corrected chi connectivity index (χ0v) is 15.4. The second-order valence-corrected chi connectivity index (χ2v) is 7.35. The maximum atomic E-state index is 12.1. The number of allylic oxidation sites excluding steroid dienone is 3. The van der Waals surface area contributed by atoms with Crippen molar-refractivity contribution < 1.29 is 15.0 Å². The lowest BCUT2D eigenvalue weighted by molar-refractivity contribution is 0.0783. The fraction of sp³-hybridized carbons (Fsp3) is 0.368. The molecule has 26 heavy (non-hydrogen) atoms. The zero-order valence-electron chi connectivity index (χ0n) is 15.4. The monoisotopic (exact) mass is 356 g/mol. The molecule has 0 aliphatic heterocycles. The Morgan fingerprint density at radius 1 is 1.42 bits per heavy atom. The van der Waals surface area contributed by atoms with E-state index in [-0.39, 0.29) is 23.1 Å². The first-order chi connectivity index (χ1) is 12.0. The maximum Gasteiger partial charge on any atom is 0.253 e. The van der Waals surface area contributed by atoms with Gasteiger partial charge in [-0.05, 0) is 39.3 Å². The van der Waals surface area contributed by atoms with Gasteiger partial charge in [-0.3, -0.25) is 9.36 Å². The predicted octanol–water partition coefficient (Wildman–Crippen LogP) is 2.66. The fourth-order valence-electron chi connectivity index (χ4n) is 3.46. The summed E-state index contributed by atoms with van der Waals surface area (Å²) in [5.41, 5.74) is 13.4. The van der Waals surface area contributed by atoms with Crippen molar-refractivity contribution in [2.75, 3.05) is 5.73 Å². The summed E-state index contributed by atoms with van der Waals surface area (Å²) in [5.74, 6) is -0.223. The minimum Gasteiger partial charge on any atom is -0.508 e. The molecule has 0 fully saturated rings. The van der Waals surface area contributed by atoms with Gasteiger partial charge in [-0.25, -0.2) is 4.98 Å². The lowest BCUT2D eigenvalue weighted by Gasteiger charge is -2.25. The second kappa shape index (κ2) is 5.88. The highest BCUT2D eigenvalue weighted by Gasteiger charge is 2.29. The average molecular weight is 356 g/mol. The van der Waals surface area contributed by atoms with Gasteiger partial charge in [0.15, 0.2) is 0 Å². The van der Waals surface area contributed by atoms with Crippen LogP contribution in [0.3, 0.4) is 0 Å². The first-order valence-electron chi connectivity index (χ1n) is 8.47. The summed E-state index contributed by atoms with van der Waals surface area (Å²) in [6, 6.07) is 1.69. The number of carbonyl (C=O) groups excluding carboxylic acids is 1. The van der Waals surface area contributed by atoms with Crippen LogP contribution in [0, 0.1) is 5.92 Å². The Hall–Kier alpha value is -2.80. The lowest BCUT2D eigenvalue weighted by atomic mass is 9.93. The summed E-state index contributed by atoms with van der Waals surface area (Å²) >= 11 is 0. The number of nitrogens with two attached hydrogens (primary N) is 2. The Balaban J connectivity index is 2.41. The molecule has 1 aliphatic carbocycles. The molecule has 1 aliphatic rings. The largest absolute Gasteiger partial charge is 0.508 e. The van der Waals surface area contributed by atoms with Crippen LogP contribution in [0.5, 0.6) is 0 Å². The molecule has 7 nitrogen and oxygen atoms in total. The topological polar surface area (TPSA) is 127 Å². The third-order valence-electron chi connectivity index (χ3n) is 4.94. The summed E-state index contributed by atoms with van der Waals surface area (Å²) in [7, 11) is 0. The molecule has 3 rings (SSSR count). The number of primary amides is 1. The molecule has 2 aromatic rings. The van der Waals surface area contributed by atoms with E-state index < -0.39 is 11.5 Å². The van der Waals surface area contributed by atoms with E-state index in [1.807, 2.05) is 6.92 Å². The van der Waals surface area contributed by atoms with Crippen LogP contribution in [-0.2, 0) is 5.60 Å². The fourth-order valence-corrected chi connectivity index (χ4v) is 3.46. The van der Waals surface area contributed by atoms with E-state index in [0.717, 1.165) is 5.70 Å². The molecule has 1 amide bonds. The Labute approximate surface area is 151 Å². The first-order valence-corrected chi connectivity index (χ1v) is 8.47. The van der Waals surface area contributed by atoms with Crippen LogP contribution in [0.25, 0.3) is 16.7 Å². The van der Waals surface area contributed by atoms with Gasteiger partial charge in [0.2, 0.25) is 0 Å². The van der Waals surface area contributed by atoms with E-state index >= 15 is 0 Å². The van der Waals surface area contributed by atoms with E-state index in [1.165, 1.54) is 0 Å². The smallest absolute Gasteiger partial charge is 0.253 e. The Kier molecular flexibility index (Phi) is 4.07. The highest BCUT2D eigenvalue weighted by molar-refractivity contribution is 6.11. The molecule has 0 bridgehead atoms. The number of nitrogen functional groups attached to an aromatic ring is 1. The summed E-state index contributed by atoms with van der Waals surface area (Å²) in [6.07, 6.45) is 3.97. The number of hydrogen-bond donors (Lipinski definition) is 4. The van der Waals surface area contributed by atoms with Gasteiger partial charge in [-0.2, -0.15) is 0 Å². The molecule has 0 radical (unpaired) electrons. The van der Waals surface area contributed by atoms with E-state index in [4.69, 9.17) is 11.5 Å². The molecule has 6 N–H and O–H groups in total. The van der Waals surface area contributed by atoms with E-state index in [9.17, 15) is 15.0 Å². The van der Waals surface area contributed by atoms with Crippen molar-refractivity contribution in [3.05, 3.63) is 40.8 Å². The number of fused-ring (bicyclic) bond motifs is 1. The number of amides is 1. The van der Waals surface area contributed by atoms with E-state index in [0.29, 0.717) is 28.6 Å². The van der Waals surface area contributed by atoms with E-state index in [1.54, 1.807) is 43.7 Å². The van der Waals surface area contributed by atoms with Crippen molar-refractivity contribution in [3.8, 4) is 0 Å². The number of rotatable bonds is 3. The first kappa shape index (κ1) is 18.0. The Morgan fingerprint density at radius 2 is 2.08 bits per heavy atom. The lowest BCUT2D eigenvalue weighted by Crippen LogP contribution is -2.17. The number of carbonyl (C=O) groups is 1. The van der Waals surface area contributed by atoms with Gasteiger partial charge in [0.25, 0.3) is 5.91 Å². The average Bonchev–Trinajstić information content (AvgIpc) is 2.82. The summed E-state index contributed by atoms with van der Waals surface area (Å²) in [4.78, 5) is 16.5. The quantitative estimate of drug-likeness (QED) is 0.672. The van der Waals surface area contributed by atoms with Crippen LogP contribution in [0.15, 0.2) is 29.7 Å². The second-order valence-electron chi connectivity index (χ2n) is 7.35. The van der Waals surface area contributed by atoms with Gasteiger partial charge in [0.1, 0.15) is 17.2 Å². The van der Waals surface area contributed by atoms with Crippen molar-refractivity contribution >= 4 is 28.5 Å². The van der Waals surface area contributed by atoms with Crippen LogP contribution >= 0.6 is 0 Å². The number of aliphatic hydroxyl groups is 2. The molecule has 0 unspecified atom stereocenters. The van der Waals surface area contributed by atoms with Crippen molar-refractivity contribution in [1.29, 1.82) is 0 Å².